The molecule has 1 amide bonds. The molecule has 0 saturated carbocycles. The number of phenols is 2. The molecule has 0 radical (unpaired) electrons. The molecule has 1 saturated heterocycles. The number of rotatable bonds is 8. The minimum absolute atomic E-state index is 0.144. The molecule has 8 rings (SSSR count). The van der Waals surface area contributed by atoms with E-state index in [1.54, 1.807) is 26.0 Å². The minimum atomic E-state index is -2.73. The van der Waals surface area contributed by atoms with Gasteiger partial charge in [-0.1, -0.05) is 48.5 Å². The predicted molar refractivity (Wildman–Crippen MR) is 220 cm³/mol. The minimum Gasteiger partial charge on any atom is -0.507 e. The average Bonchev–Trinajstić information content (AvgIpc) is 3.24. The fourth-order valence-corrected chi connectivity index (χ4v) is 9.71. The van der Waals surface area contributed by atoms with Crippen molar-refractivity contribution in [2.24, 2.45) is 4.99 Å². The van der Waals surface area contributed by atoms with Gasteiger partial charge in [-0.15, -0.1) is 0 Å². The number of amides is 1. The number of nitrogens with one attached hydrogen (secondary N) is 1. The first-order valence-corrected chi connectivity index (χ1v) is 19.8. The zero-order valence-electron chi connectivity index (χ0n) is 34.5. The molecule has 4 aliphatic rings. The standard InChI is InChI=1S/C46H44N2O14/c1-20-16-24-17-30(50)45(60-5)42(56)33-27(18-26-32(36(33)52)29(49)19-28(35(26)51)48-44-40(59-4)38(54)39(58-3)21(2)62-44)41(55)46(45,61-6)34(24)37(53)31(20)43(57)47-25-14-12-23(13-15-25)22-10-8-7-9-11-22/h7-16,18,21,30,38-40,44,50,52-54H,17,19H2,1-6H3,(H,47,57). The van der Waals surface area contributed by atoms with Crippen LogP contribution in [0, 0.1) is 6.92 Å². The molecule has 5 N–H and O–H groups in total. The molecule has 4 aromatic rings. The summed E-state index contributed by atoms with van der Waals surface area (Å²) in [6.07, 6.45) is -8.02. The topological polar surface area (TPSA) is 237 Å². The van der Waals surface area contributed by atoms with Crippen molar-refractivity contribution in [3.8, 4) is 22.6 Å². The molecular formula is C46H44N2O14. The summed E-state index contributed by atoms with van der Waals surface area (Å²) < 4.78 is 28.5. The maximum absolute atomic E-state index is 15.3. The smallest absolute Gasteiger partial charge is 0.259 e. The molecule has 0 aromatic heterocycles. The van der Waals surface area contributed by atoms with Crippen LogP contribution in [0.4, 0.5) is 5.69 Å². The van der Waals surface area contributed by atoms with Crippen LogP contribution in [0.1, 0.15) is 81.8 Å². The number of aliphatic imine (C=N–C) groups is 1. The lowest BCUT2D eigenvalue weighted by atomic mass is 9.56. The summed E-state index contributed by atoms with van der Waals surface area (Å²) in [4.78, 5) is 76.8. The number of aromatic hydroxyl groups is 2. The number of nitrogens with zero attached hydrogens (tertiary/aromatic N) is 1. The number of fused-ring (bicyclic) bond motifs is 5. The van der Waals surface area contributed by atoms with Crippen LogP contribution in [0.15, 0.2) is 71.7 Å². The quantitative estimate of drug-likeness (QED) is 0.169. The maximum Gasteiger partial charge on any atom is 0.259 e. The van der Waals surface area contributed by atoms with Crippen LogP contribution >= 0.6 is 0 Å². The molecule has 62 heavy (non-hydrogen) atoms. The lowest BCUT2D eigenvalue weighted by Crippen LogP contribution is -2.73. The van der Waals surface area contributed by atoms with Crippen molar-refractivity contribution in [1.82, 2.24) is 0 Å². The Hall–Kier alpha value is -5.98. The molecule has 8 atom stereocenters. The van der Waals surface area contributed by atoms with E-state index in [4.69, 9.17) is 23.7 Å². The molecule has 16 heteroatoms. The van der Waals surface area contributed by atoms with E-state index in [9.17, 15) is 39.6 Å². The van der Waals surface area contributed by atoms with E-state index in [0.717, 1.165) is 31.4 Å². The number of anilines is 1. The predicted octanol–water partition coefficient (Wildman–Crippen LogP) is 3.89. The van der Waals surface area contributed by atoms with Crippen LogP contribution in [0.25, 0.3) is 11.1 Å². The summed E-state index contributed by atoms with van der Waals surface area (Å²) in [5, 5.41) is 49.6. The monoisotopic (exact) mass is 848 g/mol. The fraction of sp³-hybridized carbons (Fsp3) is 0.348. The molecule has 8 unspecified atom stereocenters. The van der Waals surface area contributed by atoms with Crippen molar-refractivity contribution < 1.29 is 68.1 Å². The van der Waals surface area contributed by atoms with Crippen LogP contribution in [-0.2, 0) is 35.7 Å². The normalized spacial score (nSPS) is 28.5. The van der Waals surface area contributed by atoms with Gasteiger partial charge in [-0.25, -0.2) is 0 Å². The highest BCUT2D eigenvalue weighted by atomic mass is 16.6. The lowest BCUT2D eigenvalue weighted by molar-refractivity contribution is -0.228. The highest BCUT2D eigenvalue weighted by Gasteiger charge is 2.74. The number of ether oxygens (including phenoxy) is 5. The Balaban J connectivity index is 1.24. The van der Waals surface area contributed by atoms with Crippen LogP contribution in [0.3, 0.4) is 0 Å². The van der Waals surface area contributed by atoms with Gasteiger partial charge < -0.3 is 49.4 Å². The Morgan fingerprint density at radius 1 is 0.823 bits per heavy atom. The third-order valence-electron chi connectivity index (χ3n) is 12.6. The Bertz CT molecular complexity index is 2590. The highest BCUT2D eigenvalue weighted by molar-refractivity contribution is 6.53. The lowest BCUT2D eigenvalue weighted by Gasteiger charge is -2.54. The first kappa shape index (κ1) is 42.7. The van der Waals surface area contributed by atoms with Crippen LogP contribution in [0.2, 0.25) is 0 Å². The number of carbonyl (C=O) groups excluding carboxylic acids is 5. The molecular weight excluding hydrogens is 805 g/mol. The number of Topliss-reactive ketones (excluding diaryl/α,β-unsaturated/α-hetero) is 4. The zero-order chi connectivity index (χ0) is 44.6. The van der Waals surface area contributed by atoms with Gasteiger partial charge in [-0.05, 0) is 54.3 Å². The second-order valence-electron chi connectivity index (χ2n) is 15.8. The van der Waals surface area contributed by atoms with Crippen LogP contribution in [0.5, 0.6) is 11.5 Å². The van der Waals surface area contributed by atoms with Crippen molar-refractivity contribution in [2.75, 3.05) is 33.8 Å². The molecule has 0 spiro atoms. The zero-order valence-corrected chi connectivity index (χ0v) is 34.5. The van der Waals surface area contributed by atoms with Gasteiger partial charge in [-0.2, -0.15) is 0 Å². The number of aliphatic hydroxyl groups is 2. The molecule has 3 aliphatic carbocycles. The van der Waals surface area contributed by atoms with Crippen molar-refractivity contribution in [2.45, 2.75) is 74.6 Å². The number of phenolic OH excluding ortho intramolecular Hbond substituents is 2. The SMILES string of the molecule is COC1C(C)OC(N=C2CC(=O)c3c(cc4c(c3O)C(=O)C3(OC)C(O)Cc5cc(C)c(C(=O)Nc6ccc(-c7ccccc7)cc6)c(O)c5C3(OC)C4=O)C2=O)C(OC)C1O. The van der Waals surface area contributed by atoms with E-state index < -0.39 is 117 Å². The van der Waals surface area contributed by atoms with Gasteiger partial charge in [0.05, 0.1) is 41.0 Å². The van der Waals surface area contributed by atoms with E-state index in [1.807, 2.05) is 42.5 Å². The number of hydrogen-bond donors (Lipinski definition) is 5. The Morgan fingerprint density at radius 3 is 2.11 bits per heavy atom. The van der Waals surface area contributed by atoms with Gasteiger partial charge in [0.15, 0.2) is 23.2 Å². The molecule has 4 aromatic carbocycles. The fourth-order valence-electron chi connectivity index (χ4n) is 9.71. The molecule has 0 bridgehead atoms. The first-order valence-electron chi connectivity index (χ1n) is 19.8. The summed E-state index contributed by atoms with van der Waals surface area (Å²) in [6.45, 7) is 3.18. The largest absolute Gasteiger partial charge is 0.507 e. The van der Waals surface area contributed by atoms with Gasteiger partial charge in [0.25, 0.3) is 5.91 Å². The van der Waals surface area contributed by atoms with Gasteiger partial charge in [-0.3, -0.25) is 29.0 Å². The van der Waals surface area contributed by atoms with Crippen molar-refractivity contribution in [3.05, 3.63) is 111 Å². The maximum atomic E-state index is 15.3. The average molecular weight is 849 g/mol. The number of aryl methyl sites for hydroxylation is 1. The van der Waals surface area contributed by atoms with E-state index in [0.29, 0.717) is 5.69 Å². The van der Waals surface area contributed by atoms with Crippen molar-refractivity contribution in [3.63, 3.8) is 0 Å². The number of ketones is 4. The Labute approximate surface area is 355 Å². The number of carbonyl (C=O) groups is 5. The van der Waals surface area contributed by atoms with Gasteiger partial charge in [0, 0.05) is 57.2 Å². The first-order chi connectivity index (χ1) is 29.6. The Kier molecular flexibility index (Phi) is 10.8. The van der Waals surface area contributed by atoms with E-state index in [2.05, 4.69) is 10.3 Å². The second kappa shape index (κ2) is 15.7. The van der Waals surface area contributed by atoms with Gasteiger partial charge >= 0.3 is 0 Å². The molecule has 1 fully saturated rings. The summed E-state index contributed by atoms with van der Waals surface area (Å²) in [6, 6.07) is 19.0. The third-order valence-corrected chi connectivity index (χ3v) is 12.6. The van der Waals surface area contributed by atoms with Crippen LogP contribution in [-0.4, -0.2) is 126 Å². The third kappa shape index (κ3) is 6.01. The molecule has 322 valence electrons. The van der Waals surface area contributed by atoms with Gasteiger partial charge in [0.2, 0.25) is 17.3 Å². The number of aliphatic hydroxyl groups excluding tert-OH is 2. The summed E-state index contributed by atoms with van der Waals surface area (Å²) >= 11 is 0. The van der Waals surface area contributed by atoms with E-state index >= 15 is 4.79 Å². The van der Waals surface area contributed by atoms with Crippen LogP contribution < -0.4 is 5.32 Å². The van der Waals surface area contributed by atoms with E-state index in [-0.39, 0.29) is 34.4 Å². The van der Waals surface area contributed by atoms with Gasteiger partial charge in [0.1, 0.15) is 29.8 Å². The Morgan fingerprint density at radius 2 is 1.48 bits per heavy atom. The second-order valence-corrected chi connectivity index (χ2v) is 15.8. The van der Waals surface area contributed by atoms with E-state index in [1.165, 1.54) is 20.3 Å². The molecule has 1 aliphatic heterocycles. The molecule has 1 heterocycles. The molecule has 16 nitrogen and oxygen atoms in total. The summed E-state index contributed by atoms with van der Waals surface area (Å²) in [5.74, 6) is -6.59. The number of benzene rings is 4. The van der Waals surface area contributed by atoms with Crippen molar-refractivity contribution in [1.29, 1.82) is 0 Å². The number of hydrogen-bond acceptors (Lipinski definition) is 15. The van der Waals surface area contributed by atoms with Crippen molar-refractivity contribution >= 4 is 40.4 Å². The highest BCUT2D eigenvalue weighted by Crippen LogP contribution is 2.58. The number of methoxy groups -OCH3 is 4. The summed E-state index contributed by atoms with van der Waals surface area (Å²) in [5.41, 5.74) is -6.11. The summed E-state index contributed by atoms with van der Waals surface area (Å²) in [7, 11) is 4.77.